The van der Waals surface area contributed by atoms with Crippen molar-refractivity contribution in [1.82, 2.24) is 15.3 Å². The van der Waals surface area contributed by atoms with E-state index in [1.807, 2.05) is 24.1 Å². The molecule has 4 heteroatoms. The molecule has 0 saturated heterocycles. The smallest absolute Gasteiger partial charge is 0.0794 e. The van der Waals surface area contributed by atoms with E-state index in [0.717, 1.165) is 6.54 Å². The quantitative estimate of drug-likeness (QED) is 0.882. The average molecular weight is 247 g/mol. The second kappa shape index (κ2) is 5.89. The summed E-state index contributed by atoms with van der Waals surface area (Å²) in [6.07, 6.45) is 5.65. The van der Waals surface area contributed by atoms with Gasteiger partial charge in [-0.3, -0.25) is 9.97 Å². The molecule has 0 spiro atoms. The fourth-order valence-electron chi connectivity index (χ4n) is 1.98. The van der Waals surface area contributed by atoms with Crippen LogP contribution in [0.1, 0.15) is 36.2 Å². The molecule has 2 unspecified atom stereocenters. The molecule has 17 heavy (non-hydrogen) atoms. The third-order valence-electron chi connectivity index (χ3n) is 2.91. The third kappa shape index (κ3) is 2.90. The van der Waals surface area contributed by atoms with Crippen molar-refractivity contribution in [3.05, 3.63) is 46.7 Å². The first-order valence-electron chi connectivity index (χ1n) is 5.84. The zero-order valence-electron chi connectivity index (χ0n) is 10.1. The third-order valence-corrected chi connectivity index (χ3v) is 3.77. The van der Waals surface area contributed by atoms with Crippen molar-refractivity contribution < 1.29 is 0 Å². The van der Waals surface area contributed by atoms with Crippen molar-refractivity contribution in [2.45, 2.75) is 25.8 Å². The lowest BCUT2D eigenvalue weighted by atomic mass is 9.93. The number of hydrogen-bond donors (Lipinski definition) is 1. The molecule has 2 aromatic rings. The summed E-state index contributed by atoms with van der Waals surface area (Å²) in [7, 11) is 0. The van der Waals surface area contributed by atoms with Gasteiger partial charge in [0.1, 0.15) is 0 Å². The van der Waals surface area contributed by atoms with Gasteiger partial charge in [0.25, 0.3) is 0 Å². The van der Waals surface area contributed by atoms with Crippen molar-refractivity contribution in [1.29, 1.82) is 0 Å². The van der Waals surface area contributed by atoms with Crippen LogP contribution in [0, 0.1) is 0 Å². The van der Waals surface area contributed by atoms with Crippen LogP contribution in [0.2, 0.25) is 0 Å². The van der Waals surface area contributed by atoms with E-state index < -0.39 is 0 Å². The molecule has 1 N–H and O–H groups in total. The van der Waals surface area contributed by atoms with Gasteiger partial charge in [0.05, 0.1) is 5.51 Å². The first-order chi connectivity index (χ1) is 8.33. The number of aromatic nitrogens is 2. The molecule has 0 amide bonds. The highest BCUT2D eigenvalue weighted by Crippen LogP contribution is 2.31. The summed E-state index contributed by atoms with van der Waals surface area (Å²) < 4.78 is 0. The number of nitrogens with zero attached hydrogens (tertiary/aromatic N) is 2. The summed E-state index contributed by atoms with van der Waals surface area (Å²) in [6.45, 7) is 5.33. The molecule has 0 bridgehead atoms. The van der Waals surface area contributed by atoms with Crippen molar-refractivity contribution in [3.63, 3.8) is 0 Å². The summed E-state index contributed by atoms with van der Waals surface area (Å²) in [5.41, 5.74) is 3.19. The molecule has 0 aliphatic heterocycles. The number of nitrogens with one attached hydrogen (secondary N) is 1. The molecule has 0 aromatic carbocycles. The number of thiazole rings is 1. The number of likely N-dealkylation sites (N-methyl/N-ethyl adjacent to an activating group) is 1. The van der Waals surface area contributed by atoms with E-state index in [0.29, 0.717) is 12.0 Å². The van der Waals surface area contributed by atoms with Gasteiger partial charge in [-0.05, 0) is 24.2 Å². The maximum atomic E-state index is 4.17. The first kappa shape index (κ1) is 12.2. The van der Waals surface area contributed by atoms with Crippen LogP contribution in [0.25, 0.3) is 0 Å². The van der Waals surface area contributed by atoms with Crippen LogP contribution in [-0.4, -0.2) is 16.5 Å². The normalized spacial score (nSPS) is 14.5. The minimum Gasteiger partial charge on any atom is -0.309 e. The molecular formula is C13H17N3S. The summed E-state index contributed by atoms with van der Waals surface area (Å²) in [6, 6.07) is 4.49. The average Bonchev–Trinajstić information content (AvgIpc) is 2.90. The summed E-state index contributed by atoms with van der Waals surface area (Å²) in [4.78, 5) is 9.52. The Morgan fingerprint density at radius 3 is 2.65 bits per heavy atom. The van der Waals surface area contributed by atoms with Crippen molar-refractivity contribution >= 4 is 11.3 Å². The van der Waals surface area contributed by atoms with Gasteiger partial charge in [0.15, 0.2) is 0 Å². The van der Waals surface area contributed by atoms with Crippen molar-refractivity contribution in [3.8, 4) is 0 Å². The van der Waals surface area contributed by atoms with Crippen LogP contribution in [0.4, 0.5) is 0 Å². The van der Waals surface area contributed by atoms with Crippen molar-refractivity contribution in [2.24, 2.45) is 0 Å². The highest BCUT2D eigenvalue weighted by atomic mass is 32.1. The van der Waals surface area contributed by atoms with Gasteiger partial charge in [-0.15, -0.1) is 11.3 Å². The topological polar surface area (TPSA) is 37.8 Å². The Kier molecular flexibility index (Phi) is 4.23. The lowest BCUT2D eigenvalue weighted by molar-refractivity contribution is 0.485. The molecular weight excluding hydrogens is 230 g/mol. The number of hydrogen-bond acceptors (Lipinski definition) is 4. The van der Waals surface area contributed by atoms with E-state index in [9.17, 15) is 0 Å². The minimum absolute atomic E-state index is 0.329. The van der Waals surface area contributed by atoms with Gasteiger partial charge >= 0.3 is 0 Å². The summed E-state index contributed by atoms with van der Waals surface area (Å²) in [5, 5.41) is 3.53. The fraction of sp³-hybridized carbons (Fsp3) is 0.385. The fourth-order valence-corrected chi connectivity index (χ4v) is 2.78. The van der Waals surface area contributed by atoms with E-state index in [1.165, 1.54) is 10.4 Å². The molecule has 0 radical (unpaired) electrons. The lowest BCUT2D eigenvalue weighted by Crippen LogP contribution is -2.25. The van der Waals surface area contributed by atoms with Gasteiger partial charge in [-0.1, -0.05) is 13.8 Å². The van der Waals surface area contributed by atoms with Gasteiger partial charge in [0, 0.05) is 35.4 Å². The standard InChI is InChI=1S/C13H17N3S/c1-3-16-13(12-8-15-9-17-12)10(2)11-4-6-14-7-5-11/h4-10,13,16H,3H2,1-2H3. The monoisotopic (exact) mass is 247 g/mol. The van der Waals surface area contributed by atoms with Crippen LogP contribution < -0.4 is 5.32 Å². The molecule has 2 aromatic heterocycles. The van der Waals surface area contributed by atoms with Gasteiger partial charge in [0.2, 0.25) is 0 Å². The molecule has 2 rings (SSSR count). The van der Waals surface area contributed by atoms with Gasteiger partial charge in [-0.25, -0.2) is 0 Å². The Balaban J connectivity index is 2.22. The van der Waals surface area contributed by atoms with Gasteiger partial charge < -0.3 is 5.32 Å². The van der Waals surface area contributed by atoms with Crippen LogP contribution in [0.5, 0.6) is 0 Å². The number of pyridine rings is 1. The predicted molar refractivity (Wildman–Crippen MR) is 71.2 cm³/mol. The van der Waals surface area contributed by atoms with E-state index >= 15 is 0 Å². The molecule has 0 fully saturated rings. The highest BCUT2D eigenvalue weighted by Gasteiger charge is 2.20. The first-order valence-corrected chi connectivity index (χ1v) is 6.72. The maximum absolute atomic E-state index is 4.17. The predicted octanol–water partition coefficient (Wildman–Crippen LogP) is 2.99. The molecule has 2 atom stereocenters. The SMILES string of the molecule is CCNC(c1cncs1)C(C)c1ccncc1. The largest absolute Gasteiger partial charge is 0.309 e. The molecule has 90 valence electrons. The van der Waals surface area contributed by atoms with Crippen LogP contribution in [0.15, 0.2) is 36.2 Å². The molecule has 0 aliphatic carbocycles. The maximum Gasteiger partial charge on any atom is 0.0794 e. The molecule has 0 aliphatic rings. The van der Waals surface area contributed by atoms with Gasteiger partial charge in [-0.2, -0.15) is 0 Å². The second-order valence-electron chi connectivity index (χ2n) is 4.01. The second-order valence-corrected chi connectivity index (χ2v) is 4.93. The Morgan fingerprint density at radius 1 is 1.29 bits per heavy atom. The molecule has 0 saturated carbocycles. The van der Waals surface area contributed by atoms with E-state index in [4.69, 9.17) is 0 Å². The van der Waals surface area contributed by atoms with Crippen molar-refractivity contribution in [2.75, 3.05) is 6.54 Å². The van der Waals surface area contributed by atoms with E-state index in [-0.39, 0.29) is 0 Å². The minimum atomic E-state index is 0.329. The van der Waals surface area contributed by atoms with E-state index in [2.05, 4.69) is 41.3 Å². The number of rotatable bonds is 5. The summed E-state index contributed by atoms with van der Waals surface area (Å²) >= 11 is 1.70. The molecule has 3 nitrogen and oxygen atoms in total. The Morgan fingerprint density at radius 2 is 2.06 bits per heavy atom. The highest BCUT2D eigenvalue weighted by molar-refractivity contribution is 7.09. The molecule has 2 heterocycles. The Hall–Kier alpha value is -1.26. The lowest BCUT2D eigenvalue weighted by Gasteiger charge is -2.23. The zero-order chi connectivity index (χ0) is 12.1. The van der Waals surface area contributed by atoms with E-state index in [1.54, 1.807) is 11.3 Å². The van der Waals surface area contributed by atoms with Crippen LogP contribution >= 0.6 is 11.3 Å². The Bertz CT molecular complexity index is 427. The zero-order valence-corrected chi connectivity index (χ0v) is 10.9. The summed E-state index contributed by atoms with van der Waals surface area (Å²) in [5.74, 6) is 0.415. The Labute approximate surface area is 106 Å². The van der Waals surface area contributed by atoms with Crippen LogP contribution in [-0.2, 0) is 0 Å². The van der Waals surface area contributed by atoms with Crippen LogP contribution in [0.3, 0.4) is 0 Å².